The highest BCUT2D eigenvalue weighted by Gasteiger charge is 2.23. The van der Waals surface area contributed by atoms with E-state index in [4.69, 9.17) is 14.7 Å². The molecule has 6 nitrogen and oxygen atoms in total. The van der Waals surface area contributed by atoms with E-state index in [9.17, 15) is 0 Å². The Labute approximate surface area is 182 Å². The molecule has 1 saturated heterocycles. The molecule has 0 bridgehead atoms. The number of nitrogens with one attached hydrogen (secondary N) is 1. The number of imidazole rings is 1. The zero-order valence-corrected chi connectivity index (χ0v) is 17.5. The summed E-state index contributed by atoms with van der Waals surface area (Å²) in [4.78, 5) is 13.9. The van der Waals surface area contributed by atoms with E-state index in [2.05, 4.69) is 46.1 Å². The summed E-state index contributed by atoms with van der Waals surface area (Å²) in [6.07, 6.45) is 5.84. The average Bonchev–Trinajstić information content (AvgIpc) is 3.26. The molecule has 0 spiro atoms. The second kappa shape index (κ2) is 8.70. The zero-order chi connectivity index (χ0) is 21.0. The Kier molecular flexibility index (Phi) is 5.46. The second-order valence-corrected chi connectivity index (χ2v) is 7.84. The van der Waals surface area contributed by atoms with Gasteiger partial charge in [-0.15, -0.1) is 0 Å². The summed E-state index contributed by atoms with van der Waals surface area (Å²) in [5, 5.41) is 3.45. The molecule has 0 unspecified atom stereocenters. The highest BCUT2D eigenvalue weighted by molar-refractivity contribution is 5.77. The molecule has 1 N–H and O–H groups in total. The van der Waals surface area contributed by atoms with Crippen LogP contribution in [0.15, 0.2) is 73.2 Å². The molecule has 31 heavy (non-hydrogen) atoms. The number of aryl methyl sites for hydroxylation is 1. The van der Waals surface area contributed by atoms with Crippen molar-refractivity contribution in [2.24, 2.45) is 0 Å². The first-order valence-corrected chi connectivity index (χ1v) is 10.7. The first kappa shape index (κ1) is 19.5. The fourth-order valence-electron chi connectivity index (χ4n) is 4.01. The van der Waals surface area contributed by atoms with Gasteiger partial charge < -0.3 is 14.6 Å². The van der Waals surface area contributed by atoms with Crippen molar-refractivity contribution >= 4 is 0 Å². The van der Waals surface area contributed by atoms with Crippen molar-refractivity contribution in [1.82, 2.24) is 24.8 Å². The maximum absolute atomic E-state index is 5.90. The molecule has 0 atom stereocenters. The van der Waals surface area contributed by atoms with Gasteiger partial charge in [0.15, 0.2) is 0 Å². The number of benzene rings is 2. The van der Waals surface area contributed by atoms with Crippen LogP contribution in [0.3, 0.4) is 0 Å². The lowest BCUT2D eigenvalue weighted by molar-refractivity contribution is 0.370. The van der Waals surface area contributed by atoms with Gasteiger partial charge in [-0.05, 0) is 51.1 Å². The van der Waals surface area contributed by atoms with Gasteiger partial charge in [0.1, 0.15) is 5.75 Å². The van der Waals surface area contributed by atoms with E-state index in [0.29, 0.717) is 17.8 Å². The summed E-state index contributed by atoms with van der Waals surface area (Å²) in [6, 6.07) is 20.7. The van der Waals surface area contributed by atoms with Gasteiger partial charge in [-0.2, -0.15) is 4.98 Å². The maximum atomic E-state index is 5.90. The Morgan fingerprint density at radius 2 is 1.71 bits per heavy atom. The summed E-state index contributed by atoms with van der Waals surface area (Å²) >= 11 is 0. The number of aromatic nitrogens is 4. The Hall–Kier alpha value is -3.51. The Morgan fingerprint density at radius 3 is 2.48 bits per heavy atom. The number of nitrogens with zero attached hydrogens (tertiary/aromatic N) is 4. The van der Waals surface area contributed by atoms with Crippen LogP contribution in [-0.2, 0) is 0 Å². The predicted molar refractivity (Wildman–Crippen MR) is 121 cm³/mol. The van der Waals surface area contributed by atoms with Gasteiger partial charge in [-0.3, -0.25) is 0 Å². The Morgan fingerprint density at radius 1 is 0.935 bits per heavy atom. The molecule has 2 aromatic carbocycles. The molecule has 0 saturated carbocycles. The number of ether oxygens (including phenoxy) is 1. The van der Waals surface area contributed by atoms with Gasteiger partial charge in [0.05, 0.1) is 23.4 Å². The molecule has 6 heteroatoms. The topological polar surface area (TPSA) is 64.9 Å². The van der Waals surface area contributed by atoms with Crippen molar-refractivity contribution in [2.45, 2.75) is 25.8 Å². The Balaban J connectivity index is 1.58. The maximum Gasteiger partial charge on any atom is 0.322 e. The lowest BCUT2D eigenvalue weighted by Gasteiger charge is -2.25. The highest BCUT2D eigenvalue weighted by atomic mass is 16.5. The smallest absolute Gasteiger partial charge is 0.322 e. The molecule has 1 aliphatic rings. The zero-order valence-electron chi connectivity index (χ0n) is 17.5. The van der Waals surface area contributed by atoms with Crippen molar-refractivity contribution in [1.29, 1.82) is 0 Å². The van der Waals surface area contributed by atoms with Crippen LogP contribution in [0.4, 0.5) is 0 Å². The molecule has 1 aliphatic heterocycles. The molecular weight excluding hydrogens is 386 g/mol. The third-order valence-corrected chi connectivity index (χ3v) is 5.65. The third-order valence-electron chi connectivity index (χ3n) is 5.65. The summed E-state index contributed by atoms with van der Waals surface area (Å²) in [5.74, 6) is 0.713. The van der Waals surface area contributed by atoms with Crippen LogP contribution in [0.1, 0.15) is 24.4 Å². The molecule has 156 valence electrons. The highest BCUT2D eigenvalue weighted by Crippen LogP contribution is 2.35. The van der Waals surface area contributed by atoms with Crippen molar-refractivity contribution in [3.05, 3.63) is 78.8 Å². The van der Waals surface area contributed by atoms with Gasteiger partial charge in [-0.25, -0.2) is 9.97 Å². The van der Waals surface area contributed by atoms with E-state index >= 15 is 0 Å². The van der Waals surface area contributed by atoms with E-state index in [0.717, 1.165) is 48.6 Å². The number of para-hydroxylation sites is 1. The predicted octanol–water partition coefficient (Wildman–Crippen LogP) is 5.03. The van der Waals surface area contributed by atoms with Crippen LogP contribution < -0.4 is 10.1 Å². The molecule has 2 aromatic heterocycles. The van der Waals surface area contributed by atoms with Crippen LogP contribution in [0, 0.1) is 6.92 Å². The van der Waals surface area contributed by atoms with E-state index in [1.165, 1.54) is 5.56 Å². The first-order chi connectivity index (χ1) is 15.3. The number of rotatable bonds is 5. The van der Waals surface area contributed by atoms with Crippen molar-refractivity contribution < 1.29 is 4.74 Å². The van der Waals surface area contributed by atoms with Gasteiger partial charge in [0, 0.05) is 17.8 Å². The summed E-state index contributed by atoms with van der Waals surface area (Å²) < 4.78 is 8.18. The van der Waals surface area contributed by atoms with Crippen LogP contribution in [-0.4, -0.2) is 32.6 Å². The Bertz CT molecular complexity index is 1150. The minimum Gasteiger partial charge on any atom is -0.424 e. The lowest BCUT2D eigenvalue weighted by Crippen LogP contribution is -2.29. The first-order valence-electron chi connectivity index (χ1n) is 10.7. The second-order valence-electron chi connectivity index (χ2n) is 7.84. The van der Waals surface area contributed by atoms with Crippen LogP contribution in [0.25, 0.3) is 22.6 Å². The third kappa shape index (κ3) is 4.20. The normalized spacial score (nSPS) is 14.5. The van der Waals surface area contributed by atoms with E-state index < -0.39 is 0 Å². The molecule has 5 rings (SSSR count). The number of piperidine rings is 1. The minimum atomic E-state index is 0.330. The van der Waals surface area contributed by atoms with Crippen molar-refractivity contribution in [2.75, 3.05) is 13.1 Å². The number of hydrogen-bond donors (Lipinski definition) is 1. The van der Waals surface area contributed by atoms with E-state index in [1.807, 2.05) is 42.7 Å². The SMILES string of the molecule is Cc1ccc(-c2ncn(C3CCNCC3)c2-c2ccnc(Oc3ccccc3)n2)cc1. The quantitative estimate of drug-likeness (QED) is 0.499. The standard InChI is InChI=1S/C25H25N5O/c1-18-7-9-19(10-8-18)23-24(30(17-28-23)20-11-14-26-15-12-20)22-13-16-27-25(29-22)31-21-5-3-2-4-6-21/h2-10,13,16-17,20,26H,11-12,14-15H2,1H3. The average molecular weight is 412 g/mol. The molecule has 0 aliphatic carbocycles. The molecular formula is C25H25N5O. The minimum absolute atomic E-state index is 0.330. The van der Waals surface area contributed by atoms with Crippen molar-refractivity contribution in [3.63, 3.8) is 0 Å². The summed E-state index contributed by atoms with van der Waals surface area (Å²) in [6.45, 7) is 4.11. The van der Waals surface area contributed by atoms with Gasteiger partial charge in [0.2, 0.25) is 0 Å². The molecule has 3 heterocycles. The largest absolute Gasteiger partial charge is 0.424 e. The monoisotopic (exact) mass is 411 g/mol. The van der Waals surface area contributed by atoms with Gasteiger partial charge in [-0.1, -0.05) is 48.0 Å². The van der Waals surface area contributed by atoms with Crippen molar-refractivity contribution in [3.8, 4) is 34.4 Å². The lowest BCUT2D eigenvalue weighted by atomic mass is 10.0. The molecule has 0 radical (unpaired) electrons. The van der Waals surface area contributed by atoms with E-state index in [1.54, 1.807) is 6.20 Å². The fraction of sp³-hybridized carbons (Fsp3) is 0.240. The fourth-order valence-corrected chi connectivity index (χ4v) is 4.01. The van der Waals surface area contributed by atoms with Gasteiger partial charge in [0.25, 0.3) is 0 Å². The number of hydrogen-bond acceptors (Lipinski definition) is 5. The van der Waals surface area contributed by atoms with Crippen LogP contribution >= 0.6 is 0 Å². The van der Waals surface area contributed by atoms with Crippen LogP contribution in [0.5, 0.6) is 11.8 Å². The molecule has 4 aromatic rings. The summed E-state index contributed by atoms with van der Waals surface area (Å²) in [5.41, 5.74) is 5.06. The van der Waals surface area contributed by atoms with Crippen LogP contribution in [0.2, 0.25) is 0 Å². The van der Waals surface area contributed by atoms with Gasteiger partial charge >= 0.3 is 6.01 Å². The summed E-state index contributed by atoms with van der Waals surface area (Å²) in [7, 11) is 0. The van der Waals surface area contributed by atoms with E-state index in [-0.39, 0.29) is 0 Å². The molecule has 0 amide bonds. The molecule has 1 fully saturated rings.